The number of nitrogens with zero attached hydrogens (tertiary/aromatic N) is 1. The highest BCUT2D eigenvalue weighted by Crippen LogP contribution is 2.39. The number of piperidine rings is 1. The largest absolute Gasteiger partial charge is 0.390 e. The van der Waals surface area contributed by atoms with Crippen LogP contribution in [0.3, 0.4) is 0 Å². The van der Waals surface area contributed by atoms with Crippen molar-refractivity contribution in [2.45, 2.75) is 70.8 Å². The molecule has 3 nitrogen and oxygen atoms in total. The van der Waals surface area contributed by atoms with Gasteiger partial charge in [-0.3, -0.25) is 0 Å². The first-order chi connectivity index (χ1) is 9.45. The molecule has 3 heteroatoms. The quantitative estimate of drug-likeness (QED) is 0.737. The number of rotatable bonds is 6. The minimum atomic E-state index is -0.323. The van der Waals surface area contributed by atoms with Crippen LogP contribution in [0.5, 0.6) is 0 Å². The van der Waals surface area contributed by atoms with Crippen LogP contribution in [0, 0.1) is 11.3 Å². The Balaban J connectivity index is 1.68. The van der Waals surface area contributed by atoms with E-state index < -0.39 is 0 Å². The first kappa shape index (κ1) is 16.3. The smallest absolute Gasteiger partial charge is 0.0700 e. The number of fused-ring (bicyclic) bond motifs is 1. The van der Waals surface area contributed by atoms with Crippen molar-refractivity contribution in [1.29, 1.82) is 0 Å². The lowest BCUT2D eigenvalue weighted by Crippen LogP contribution is -2.53. The summed E-state index contributed by atoms with van der Waals surface area (Å²) in [6, 6.07) is 0. The first-order valence-electron chi connectivity index (χ1n) is 8.60. The molecule has 2 atom stereocenters. The molecule has 20 heavy (non-hydrogen) atoms. The van der Waals surface area contributed by atoms with Crippen LogP contribution in [-0.4, -0.2) is 41.8 Å². The van der Waals surface area contributed by atoms with Gasteiger partial charge in [-0.2, -0.15) is 0 Å². The van der Waals surface area contributed by atoms with Crippen LogP contribution in [0.15, 0.2) is 0 Å². The second kappa shape index (κ2) is 6.76. The Morgan fingerprint density at radius 3 is 2.80 bits per heavy atom. The summed E-state index contributed by atoms with van der Waals surface area (Å²) in [7, 11) is 0. The summed E-state index contributed by atoms with van der Waals surface area (Å²) in [4.78, 5) is 2.58. The molecule has 2 rings (SSSR count). The van der Waals surface area contributed by atoms with Gasteiger partial charge in [0.05, 0.1) is 5.60 Å². The minimum absolute atomic E-state index is 0.297. The molecule has 1 aliphatic carbocycles. The van der Waals surface area contributed by atoms with E-state index in [4.69, 9.17) is 5.73 Å². The predicted octanol–water partition coefficient (Wildman–Crippen LogP) is 2.77. The molecule has 1 heterocycles. The zero-order chi connectivity index (χ0) is 14.6. The van der Waals surface area contributed by atoms with Gasteiger partial charge in [-0.05, 0) is 50.6 Å². The summed E-state index contributed by atoms with van der Waals surface area (Å²) in [5, 5.41) is 10.7. The summed E-state index contributed by atoms with van der Waals surface area (Å²) < 4.78 is 0. The summed E-state index contributed by atoms with van der Waals surface area (Å²) in [5.41, 5.74) is 5.75. The van der Waals surface area contributed by atoms with Crippen LogP contribution in [0.4, 0.5) is 0 Å². The van der Waals surface area contributed by atoms with E-state index in [1.807, 2.05) is 0 Å². The Hall–Kier alpha value is -0.120. The molecular weight excluding hydrogens is 248 g/mol. The van der Waals surface area contributed by atoms with Crippen molar-refractivity contribution in [2.75, 3.05) is 26.2 Å². The highest BCUT2D eigenvalue weighted by molar-refractivity contribution is 4.95. The van der Waals surface area contributed by atoms with Gasteiger partial charge in [-0.1, -0.05) is 33.1 Å². The highest BCUT2D eigenvalue weighted by atomic mass is 16.3. The number of likely N-dealkylation sites (tertiary alicyclic amines) is 1. The maximum absolute atomic E-state index is 10.7. The lowest BCUT2D eigenvalue weighted by molar-refractivity contribution is -0.0953. The molecule has 1 saturated heterocycles. The second-order valence-corrected chi connectivity index (χ2v) is 7.92. The van der Waals surface area contributed by atoms with Crippen LogP contribution < -0.4 is 5.73 Å². The van der Waals surface area contributed by atoms with Crippen molar-refractivity contribution >= 4 is 0 Å². The molecule has 0 aromatic carbocycles. The fraction of sp³-hybridized carbons (Fsp3) is 1.00. The molecule has 2 unspecified atom stereocenters. The molecule has 0 amide bonds. The summed E-state index contributed by atoms with van der Waals surface area (Å²) in [5.74, 6) is 0.533. The summed E-state index contributed by atoms with van der Waals surface area (Å²) in [6.45, 7) is 8.72. The zero-order valence-electron chi connectivity index (χ0n) is 13.5. The molecule has 2 fully saturated rings. The van der Waals surface area contributed by atoms with Crippen LogP contribution in [0.2, 0.25) is 0 Å². The van der Waals surface area contributed by atoms with Gasteiger partial charge in [-0.25, -0.2) is 0 Å². The molecule has 118 valence electrons. The minimum Gasteiger partial charge on any atom is -0.390 e. The maximum Gasteiger partial charge on any atom is 0.0700 e. The van der Waals surface area contributed by atoms with Crippen molar-refractivity contribution < 1.29 is 5.11 Å². The predicted molar refractivity (Wildman–Crippen MR) is 84.7 cm³/mol. The monoisotopic (exact) mass is 282 g/mol. The van der Waals surface area contributed by atoms with Crippen LogP contribution in [-0.2, 0) is 0 Å². The number of hydrogen-bond donors (Lipinski definition) is 2. The molecular formula is C17H34N2O. The molecule has 0 spiro atoms. The van der Waals surface area contributed by atoms with E-state index in [1.165, 1.54) is 45.1 Å². The van der Waals surface area contributed by atoms with Crippen molar-refractivity contribution in [3.05, 3.63) is 0 Å². The molecule has 1 aliphatic heterocycles. The third-order valence-electron chi connectivity index (χ3n) is 5.64. The zero-order valence-corrected chi connectivity index (χ0v) is 13.5. The Morgan fingerprint density at radius 1 is 1.25 bits per heavy atom. The van der Waals surface area contributed by atoms with Gasteiger partial charge in [0.1, 0.15) is 0 Å². The average molecular weight is 282 g/mol. The number of aliphatic hydroxyl groups is 1. The SMILES string of the molecule is CC(C)(CN)CCCCN1CCC2(O)CCCCC2C1. The number of unbranched alkanes of at least 4 members (excludes halogenated alkanes) is 1. The van der Waals surface area contributed by atoms with E-state index in [2.05, 4.69) is 18.7 Å². The van der Waals surface area contributed by atoms with Gasteiger partial charge in [0.25, 0.3) is 0 Å². The lowest BCUT2D eigenvalue weighted by atomic mass is 9.71. The number of hydrogen-bond acceptors (Lipinski definition) is 3. The lowest BCUT2D eigenvalue weighted by Gasteiger charge is -2.47. The number of nitrogens with two attached hydrogens (primary N) is 1. The van der Waals surface area contributed by atoms with E-state index in [0.717, 1.165) is 32.5 Å². The molecule has 0 radical (unpaired) electrons. The van der Waals surface area contributed by atoms with Gasteiger partial charge in [0.2, 0.25) is 0 Å². The van der Waals surface area contributed by atoms with E-state index in [9.17, 15) is 5.11 Å². The van der Waals surface area contributed by atoms with Gasteiger partial charge in [0, 0.05) is 19.0 Å². The Kier molecular flexibility index (Phi) is 5.49. The Bertz CT molecular complexity index is 305. The topological polar surface area (TPSA) is 49.5 Å². The van der Waals surface area contributed by atoms with Crippen molar-refractivity contribution in [3.8, 4) is 0 Å². The fourth-order valence-electron chi connectivity index (χ4n) is 3.88. The molecule has 3 N–H and O–H groups in total. The Morgan fingerprint density at radius 2 is 2.05 bits per heavy atom. The Labute approximate surface area is 124 Å². The molecule has 1 saturated carbocycles. The van der Waals surface area contributed by atoms with Gasteiger partial charge in [-0.15, -0.1) is 0 Å². The van der Waals surface area contributed by atoms with Crippen molar-refractivity contribution in [3.63, 3.8) is 0 Å². The third kappa shape index (κ3) is 4.19. The highest BCUT2D eigenvalue weighted by Gasteiger charge is 2.42. The van der Waals surface area contributed by atoms with E-state index >= 15 is 0 Å². The summed E-state index contributed by atoms with van der Waals surface area (Å²) >= 11 is 0. The summed E-state index contributed by atoms with van der Waals surface area (Å²) in [6.07, 6.45) is 9.57. The van der Waals surface area contributed by atoms with Gasteiger partial charge >= 0.3 is 0 Å². The van der Waals surface area contributed by atoms with E-state index in [0.29, 0.717) is 11.3 Å². The second-order valence-electron chi connectivity index (χ2n) is 7.92. The van der Waals surface area contributed by atoms with Gasteiger partial charge < -0.3 is 15.7 Å². The normalized spacial score (nSPS) is 32.1. The standard InChI is InChI=1S/C17H34N2O/c1-16(2,14-18)8-5-6-11-19-12-10-17(20)9-4-3-7-15(17)13-19/h15,20H,3-14,18H2,1-2H3. The van der Waals surface area contributed by atoms with Gasteiger partial charge in [0.15, 0.2) is 0 Å². The fourth-order valence-corrected chi connectivity index (χ4v) is 3.88. The van der Waals surface area contributed by atoms with Crippen LogP contribution in [0.25, 0.3) is 0 Å². The van der Waals surface area contributed by atoms with Crippen LogP contribution in [0.1, 0.15) is 65.2 Å². The molecule has 2 aliphatic rings. The van der Waals surface area contributed by atoms with Crippen molar-refractivity contribution in [1.82, 2.24) is 4.90 Å². The van der Waals surface area contributed by atoms with E-state index in [1.54, 1.807) is 0 Å². The third-order valence-corrected chi connectivity index (χ3v) is 5.64. The average Bonchev–Trinajstić information content (AvgIpc) is 2.43. The first-order valence-corrected chi connectivity index (χ1v) is 8.60. The molecule has 0 aromatic heterocycles. The molecule has 0 bridgehead atoms. The van der Waals surface area contributed by atoms with Crippen molar-refractivity contribution in [2.24, 2.45) is 17.1 Å². The van der Waals surface area contributed by atoms with Crippen LogP contribution >= 0.6 is 0 Å². The maximum atomic E-state index is 10.7. The van der Waals surface area contributed by atoms with E-state index in [-0.39, 0.29) is 5.60 Å². The molecule has 0 aromatic rings.